The maximum atomic E-state index is 12.6. The molecule has 1 aliphatic rings. The molecule has 116 valence electrons. The topological polar surface area (TPSA) is 88.3 Å². The Morgan fingerprint density at radius 2 is 2.14 bits per heavy atom. The summed E-state index contributed by atoms with van der Waals surface area (Å²) in [6.45, 7) is 2.38. The van der Waals surface area contributed by atoms with Crippen LogP contribution in [0.3, 0.4) is 0 Å². The Hall–Kier alpha value is -2.51. The van der Waals surface area contributed by atoms with E-state index in [1.807, 2.05) is 31.1 Å². The fraction of sp³-hybridized carbons (Fsp3) is 0.500. The molecule has 0 aromatic carbocycles. The van der Waals surface area contributed by atoms with E-state index in [1.165, 1.54) is 0 Å². The highest BCUT2D eigenvalue weighted by Crippen LogP contribution is 2.32. The number of carbonyl (C=O) groups is 1. The minimum Gasteiger partial charge on any atom is -0.361 e. The Bertz CT molecular complexity index is 666. The van der Waals surface area contributed by atoms with Gasteiger partial charge in [-0.05, 0) is 37.1 Å². The zero-order chi connectivity index (χ0) is 15.7. The van der Waals surface area contributed by atoms with Crippen LogP contribution in [0.1, 0.15) is 40.8 Å². The second kappa shape index (κ2) is 5.70. The molecule has 1 atom stereocenters. The summed E-state index contributed by atoms with van der Waals surface area (Å²) >= 11 is 0. The largest absolute Gasteiger partial charge is 0.361 e. The predicted octanol–water partition coefficient (Wildman–Crippen LogP) is 1.21. The lowest BCUT2D eigenvalue weighted by atomic mass is 10.1. The fourth-order valence-corrected chi connectivity index (χ4v) is 2.63. The van der Waals surface area contributed by atoms with Gasteiger partial charge in [-0.25, -0.2) is 4.63 Å². The van der Waals surface area contributed by atoms with Crippen molar-refractivity contribution >= 4 is 11.7 Å². The van der Waals surface area contributed by atoms with Crippen LogP contribution < -0.4 is 4.90 Å². The van der Waals surface area contributed by atoms with Crippen molar-refractivity contribution < 1.29 is 9.42 Å². The normalized spacial score (nSPS) is 17.8. The summed E-state index contributed by atoms with van der Waals surface area (Å²) in [5, 5.41) is 15.8. The van der Waals surface area contributed by atoms with Gasteiger partial charge in [-0.15, -0.1) is 5.10 Å². The van der Waals surface area contributed by atoms with Gasteiger partial charge in [0.1, 0.15) is 5.69 Å². The highest BCUT2D eigenvalue weighted by molar-refractivity contribution is 5.93. The monoisotopic (exact) mass is 302 g/mol. The molecule has 0 radical (unpaired) electrons. The lowest BCUT2D eigenvalue weighted by Gasteiger charge is -2.23. The van der Waals surface area contributed by atoms with Gasteiger partial charge < -0.3 is 9.80 Å². The highest BCUT2D eigenvalue weighted by Gasteiger charge is 2.34. The second-order valence-electron chi connectivity index (χ2n) is 5.57. The van der Waals surface area contributed by atoms with Crippen molar-refractivity contribution in [2.24, 2.45) is 0 Å². The van der Waals surface area contributed by atoms with E-state index in [0.29, 0.717) is 12.2 Å². The van der Waals surface area contributed by atoms with Gasteiger partial charge in [0.2, 0.25) is 0 Å². The van der Waals surface area contributed by atoms with Gasteiger partial charge >= 0.3 is 0 Å². The van der Waals surface area contributed by atoms with E-state index in [9.17, 15) is 4.79 Å². The van der Waals surface area contributed by atoms with Crippen LogP contribution in [0.2, 0.25) is 0 Å². The van der Waals surface area contributed by atoms with Crippen LogP contribution in [0.4, 0.5) is 5.82 Å². The molecule has 0 aliphatic carbocycles. The van der Waals surface area contributed by atoms with Gasteiger partial charge in [-0.3, -0.25) is 4.79 Å². The van der Waals surface area contributed by atoms with Gasteiger partial charge in [0.15, 0.2) is 11.5 Å². The molecule has 8 nitrogen and oxygen atoms in total. The summed E-state index contributed by atoms with van der Waals surface area (Å²) < 4.78 is 4.63. The van der Waals surface area contributed by atoms with Crippen LogP contribution in [-0.2, 0) is 0 Å². The predicted molar refractivity (Wildman–Crippen MR) is 78.4 cm³/mol. The van der Waals surface area contributed by atoms with E-state index in [-0.39, 0.29) is 17.6 Å². The van der Waals surface area contributed by atoms with E-state index < -0.39 is 0 Å². The zero-order valence-corrected chi connectivity index (χ0v) is 12.9. The van der Waals surface area contributed by atoms with Crippen molar-refractivity contribution in [3.8, 4) is 0 Å². The molecule has 22 heavy (non-hydrogen) atoms. The molecule has 0 bridgehead atoms. The van der Waals surface area contributed by atoms with E-state index >= 15 is 0 Å². The highest BCUT2D eigenvalue weighted by atomic mass is 16.6. The third-order valence-electron chi connectivity index (χ3n) is 3.84. The summed E-state index contributed by atoms with van der Waals surface area (Å²) in [5.41, 5.74) is 1.57. The van der Waals surface area contributed by atoms with Gasteiger partial charge in [0.25, 0.3) is 5.91 Å². The van der Waals surface area contributed by atoms with Crippen molar-refractivity contribution in [3.63, 3.8) is 0 Å². The molecule has 2 aromatic heterocycles. The number of hydrogen-bond donors (Lipinski definition) is 0. The van der Waals surface area contributed by atoms with Crippen molar-refractivity contribution in [3.05, 3.63) is 29.2 Å². The lowest BCUT2D eigenvalue weighted by molar-refractivity contribution is 0.0720. The lowest BCUT2D eigenvalue weighted by Crippen LogP contribution is -2.32. The number of hydrogen-bond acceptors (Lipinski definition) is 7. The number of likely N-dealkylation sites (tertiary alicyclic amines) is 1. The molecule has 3 heterocycles. The molecule has 0 saturated carbocycles. The van der Waals surface area contributed by atoms with E-state index in [4.69, 9.17) is 0 Å². The van der Waals surface area contributed by atoms with Crippen molar-refractivity contribution in [2.45, 2.75) is 25.8 Å². The quantitative estimate of drug-likeness (QED) is 0.842. The molecule has 2 aromatic rings. The molecule has 1 amide bonds. The average Bonchev–Trinajstić information content (AvgIpc) is 3.15. The van der Waals surface area contributed by atoms with Gasteiger partial charge in [0.05, 0.1) is 11.7 Å². The molecular weight excluding hydrogens is 284 g/mol. The summed E-state index contributed by atoms with van der Waals surface area (Å²) in [7, 11) is 3.82. The number of aromatic nitrogens is 4. The van der Waals surface area contributed by atoms with Crippen molar-refractivity contribution in [2.75, 3.05) is 25.5 Å². The molecule has 3 rings (SSSR count). The molecular formula is C14H18N6O2. The molecule has 1 saturated heterocycles. The maximum absolute atomic E-state index is 12.6. The number of rotatable bonds is 3. The van der Waals surface area contributed by atoms with E-state index in [0.717, 1.165) is 24.4 Å². The van der Waals surface area contributed by atoms with E-state index in [1.54, 1.807) is 11.8 Å². The second-order valence-corrected chi connectivity index (χ2v) is 5.57. The number of anilines is 1. The Labute approximate surface area is 128 Å². The van der Waals surface area contributed by atoms with E-state index in [2.05, 4.69) is 25.1 Å². The summed E-state index contributed by atoms with van der Waals surface area (Å²) in [5.74, 6) is 0.621. The van der Waals surface area contributed by atoms with Crippen LogP contribution in [0, 0.1) is 6.92 Å². The Morgan fingerprint density at radius 1 is 1.32 bits per heavy atom. The Morgan fingerprint density at radius 3 is 2.73 bits per heavy atom. The third kappa shape index (κ3) is 2.51. The SMILES string of the molecule is Cc1nonc1C(=O)N1CCCC1c1ccc(N(C)C)nn1. The standard InChI is InChI=1S/C14H18N6O2/c1-9-13(18-22-17-9)14(21)20-8-4-5-11(20)10-6-7-12(16-15-10)19(2)3/h6-7,11H,4-5,8H2,1-3H3. The first-order valence-corrected chi connectivity index (χ1v) is 7.19. The van der Waals surface area contributed by atoms with Crippen LogP contribution in [0.5, 0.6) is 0 Å². The molecule has 1 aliphatic heterocycles. The smallest absolute Gasteiger partial charge is 0.278 e. The molecule has 8 heteroatoms. The summed E-state index contributed by atoms with van der Waals surface area (Å²) in [4.78, 5) is 16.3. The maximum Gasteiger partial charge on any atom is 0.278 e. The van der Waals surface area contributed by atoms with Crippen LogP contribution in [0.25, 0.3) is 0 Å². The van der Waals surface area contributed by atoms with Crippen LogP contribution in [0.15, 0.2) is 16.8 Å². The third-order valence-corrected chi connectivity index (χ3v) is 3.84. The first-order valence-electron chi connectivity index (χ1n) is 7.19. The fourth-order valence-electron chi connectivity index (χ4n) is 2.63. The minimum absolute atomic E-state index is 0.0766. The van der Waals surface area contributed by atoms with Crippen molar-refractivity contribution in [1.29, 1.82) is 0 Å². The first-order chi connectivity index (χ1) is 10.6. The number of carbonyl (C=O) groups excluding carboxylic acids is 1. The van der Waals surface area contributed by atoms with Crippen LogP contribution >= 0.6 is 0 Å². The van der Waals surface area contributed by atoms with Crippen LogP contribution in [-0.4, -0.2) is 52.0 Å². The molecule has 0 spiro atoms. The average molecular weight is 302 g/mol. The minimum atomic E-state index is -0.167. The van der Waals surface area contributed by atoms with Gasteiger partial charge in [0, 0.05) is 20.6 Å². The molecule has 1 fully saturated rings. The molecule has 1 unspecified atom stereocenters. The van der Waals surface area contributed by atoms with Gasteiger partial charge in [-0.2, -0.15) is 5.10 Å². The Balaban J connectivity index is 1.84. The summed E-state index contributed by atoms with van der Waals surface area (Å²) in [6, 6.07) is 3.76. The molecule has 0 N–H and O–H groups in total. The van der Waals surface area contributed by atoms with Gasteiger partial charge in [-0.1, -0.05) is 5.16 Å². The van der Waals surface area contributed by atoms with Crippen molar-refractivity contribution in [1.82, 2.24) is 25.4 Å². The first kappa shape index (κ1) is 14.4. The number of nitrogens with zero attached hydrogens (tertiary/aromatic N) is 6. The Kier molecular flexibility index (Phi) is 3.74. The zero-order valence-electron chi connectivity index (χ0n) is 12.9. The number of amides is 1. The summed E-state index contributed by atoms with van der Waals surface area (Å²) in [6.07, 6.45) is 1.80. The number of aryl methyl sites for hydroxylation is 1.